The second-order valence-electron chi connectivity index (χ2n) is 4.29. The molecular formula is C11H13BrN2O4. The third-order valence-electron chi connectivity index (χ3n) is 2.86. The second-order valence-corrected chi connectivity index (χ2v) is 5.15. The van der Waals surface area contributed by atoms with E-state index in [4.69, 9.17) is 9.84 Å². The van der Waals surface area contributed by atoms with Crippen LogP contribution < -0.4 is 15.6 Å². The van der Waals surface area contributed by atoms with E-state index in [1.807, 2.05) is 0 Å². The van der Waals surface area contributed by atoms with E-state index in [-0.39, 0.29) is 17.7 Å². The van der Waals surface area contributed by atoms with Crippen LogP contribution in [0.1, 0.15) is 12.8 Å². The molecule has 1 aliphatic carbocycles. The van der Waals surface area contributed by atoms with Gasteiger partial charge in [0.1, 0.15) is 11.9 Å². The standard InChI is InChI=1S/C11H13BrN2O4/c1-14-5-8(12)9(4-10(14)15)18-7-2-6(3-7)13-11(16)17/h4-7,13H,2-3H2,1H3,(H,16,17)/t6-,7-. The molecule has 1 fully saturated rings. The van der Waals surface area contributed by atoms with E-state index >= 15 is 0 Å². The quantitative estimate of drug-likeness (QED) is 0.881. The number of ether oxygens (including phenoxy) is 1. The van der Waals surface area contributed by atoms with Gasteiger partial charge in [-0.05, 0) is 15.9 Å². The Balaban J connectivity index is 1.94. The molecule has 1 saturated carbocycles. The highest BCUT2D eigenvalue weighted by atomic mass is 79.9. The molecule has 0 spiro atoms. The molecule has 0 radical (unpaired) electrons. The Morgan fingerprint density at radius 1 is 1.61 bits per heavy atom. The molecule has 0 aromatic carbocycles. The number of carboxylic acid groups (broad SMARTS) is 1. The van der Waals surface area contributed by atoms with Gasteiger partial charge in [-0.3, -0.25) is 4.79 Å². The number of hydrogen-bond acceptors (Lipinski definition) is 3. The molecule has 6 nitrogen and oxygen atoms in total. The van der Waals surface area contributed by atoms with Crippen molar-refractivity contribution >= 4 is 22.0 Å². The predicted molar refractivity (Wildman–Crippen MR) is 68.0 cm³/mol. The number of pyridine rings is 1. The van der Waals surface area contributed by atoms with Crippen molar-refractivity contribution in [2.75, 3.05) is 0 Å². The molecule has 0 bridgehead atoms. The number of nitrogens with zero attached hydrogens (tertiary/aromatic N) is 1. The fourth-order valence-corrected chi connectivity index (χ4v) is 2.32. The van der Waals surface area contributed by atoms with Crippen molar-refractivity contribution in [3.8, 4) is 5.75 Å². The summed E-state index contributed by atoms with van der Waals surface area (Å²) >= 11 is 3.32. The van der Waals surface area contributed by atoms with Crippen molar-refractivity contribution in [3.05, 3.63) is 27.1 Å². The van der Waals surface area contributed by atoms with Gasteiger partial charge in [0.15, 0.2) is 0 Å². The minimum absolute atomic E-state index is 0.0507. The summed E-state index contributed by atoms with van der Waals surface area (Å²) in [6.45, 7) is 0. The molecular weight excluding hydrogens is 304 g/mol. The Kier molecular flexibility index (Phi) is 3.60. The van der Waals surface area contributed by atoms with Crippen LogP contribution in [0.2, 0.25) is 0 Å². The Morgan fingerprint density at radius 2 is 2.28 bits per heavy atom. The number of aryl methyl sites for hydroxylation is 1. The summed E-state index contributed by atoms with van der Waals surface area (Å²) < 4.78 is 7.79. The molecule has 1 aromatic heterocycles. The number of carbonyl (C=O) groups is 1. The van der Waals surface area contributed by atoms with Crippen LogP contribution in [0.3, 0.4) is 0 Å². The van der Waals surface area contributed by atoms with Crippen LogP contribution in [0, 0.1) is 0 Å². The molecule has 0 aliphatic heterocycles. The maximum Gasteiger partial charge on any atom is 0.404 e. The largest absolute Gasteiger partial charge is 0.489 e. The van der Waals surface area contributed by atoms with Gasteiger partial charge in [0.05, 0.1) is 4.47 Å². The van der Waals surface area contributed by atoms with Crippen molar-refractivity contribution in [1.82, 2.24) is 9.88 Å². The van der Waals surface area contributed by atoms with Gasteiger partial charge in [-0.2, -0.15) is 0 Å². The third kappa shape index (κ3) is 2.84. The van der Waals surface area contributed by atoms with Crippen LogP contribution in [0.15, 0.2) is 21.5 Å². The molecule has 1 aliphatic rings. The van der Waals surface area contributed by atoms with Crippen LogP contribution in [-0.4, -0.2) is 27.9 Å². The topological polar surface area (TPSA) is 80.6 Å². The van der Waals surface area contributed by atoms with Crippen molar-refractivity contribution in [2.45, 2.75) is 25.0 Å². The van der Waals surface area contributed by atoms with Gasteiger partial charge in [-0.15, -0.1) is 0 Å². The zero-order chi connectivity index (χ0) is 13.3. The van der Waals surface area contributed by atoms with E-state index < -0.39 is 6.09 Å². The lowest BCUT2D eigenvalue weighted by Gasteiger charge is -2.35. The van der Waals surface area contributed by atoms with Crippen molar-refractivity contribution in [3.63, 3.8) is 0 Å². The Morgan fingerprint density at radius 3 is 2.89 bits per heavy atom. The molecule has 2 N–H and O–H groups in total. The first-order chi connectivity index (χ1) is 8.45. The van der Waals surface area contributed by atoms with E-state index in [0.29, 0.717) is 23.1 Å². The van der Waals surface area contributed by atoms with Crippen LogP contribution in [-0.2, 0) is 7.05 Å². The molecule has 2 rings (SSSR count). The molecule has 1 aromatic rings. The minimum Gasteiger partial charge on any atom is -0.489 e. The zero-order valence-corrected chi connectivity index (χ0v) is 11.3. The second kappa shape index (κ2) is 5.01. The molecule has 1 amide bonds. The Labute approximate surface area is 112 Å². The number of amides is 1. The van der Waals surface area contributed by atoms with Gasteiger partial charge in [-0.1, -0.05) is 0 Å². The van der Waals surface area contributed by atoms with Gasteiger partial charge >= 0.3 is 6.09 Å². The number of hydrogen-bond donors (Lipinski definition) is 2. The first kappa shape index (κ1) is 12.9. The van der Waals surface area contributed by atoms with Crippen molar-refractivity contribution in [1.29, 1.82) is 0 Å². The van der Waals surface area contributed by atoms with Gasteiger partial charge in [0.25, 0.3) is 5.56 Å². The normalized spacial score (nSPS) is 22.1. The van der Waals surface area contributed by atoms with Crippen LogP contribution in [0.4, 0.5) is 4.79 Å². The maximum absolute atomic E-state index is 11.5. The Hall–Kier alpha value is -1.50. The first-order valence-electron chi connectivity index (χ1n) is 5.48. The predicted octanol–water partition coefficient (Wildman–Crippen LogP) is 1.33. The van der Waals surface area contributed by atoms with E-state index in [0.717, 1.165) is 0 Å². The monoisotopic (exact) mass is 316 g/mol. The van der Waals surface area contributed by atoms with Gasteiger partial charge < -0.3 is 19.7 Å². The molecule has 18 heavy (non-hydrogen) atoms. The minimum atomic E-state index is -1.02. The molecule has 0 unspecified atom stereocenters. The lowest BCUT2D eigenvalue weighted by molar-refractivity contribution is 0.0824. The highest BCUT2D eigenvalue weighted by Gasteiger charge is 2.32. The third-order valence-corrected chi connectivity index (χ3v) is 3.46. The highest BCUT2D eigenvalue weighted by molar-refractivity contribution is 9.10. The van der Waals surface area contributed by atoms with E-state index in [2.05, 4.69) is 21.2 Å². The van der Waals surface area contributed by atoms with Crippen LogP contribution in [0.25, 0.3) is 0 Å². The van der Waals surface area contributed by atoms with Crippen LogP contribution in [0.5, 0.6) is 5.75 Å². The summed E-state index contributed by atoms with van der Waals surface area (Å²) in [5.41, 5.74) is -0.146. The molecule has 0 saturated heterocycles. The first-order valence-corrected chi connectivity index (χ1v) is 6.27. The summed E-state index contributed by atoms with van der Waals surface area (Å²) in [6, 6.07) is 1.36. The van der Waals surface area contributed by atoms with E-state index in [1.54, 1.807) is 13.2 Å². The fourth-order valence-electron chi connectivity index (χ4n) is 1.80. The summed E-state index contributed by atoms with van der Waals surface area (Å²) in [5, 5.41) is 10.9. The number of halogens is 1. The van der Waals surface area contributed by atoms with Crippen LogP contribution >= 0.6 is 15.9 Å². The maximum atomic E-state index is 11.5. The van der Waals surface area contributed by atoms with Crippen molar-refractivity contribution in [2.24, 2.45) is 7.05 Å². The lowest BCUT2D eigenvalue weighted by atomic mass is 9.89. The molecule has 98 valence electrons. The van der Waals surface area contributed by atoms with E-state index in [1.165, 1.54) is 10.6 Å². The highest BCUT2D eigenvalue weighted by Crippen LogP contribution is 2.29. The van der Waals surface area contributed by atoms with E-state index in [9.17, 15) is 9.59 Å². The summed E-state index contributed by atoms with van der Waals surface area (Å²) in [5.74, 6) is 0.497. The SMILES string of the molecule is Cn1cc(Br)c(O[C@H]2C[C@H](NC(=O)O)C2)cc1=O. The van der Waals surface area contributed by atoms with Gasteiger partial charge in [0, 0.05) is 38.2 Å². The Bertz CT molecular complexity index is 522. The smallest absolute Gasteiger partial charge is 0.404 e. The van der Waals surface area contributed by atoms with Gasteiger partial charge in [0.2, 0.25) is 0 Å². The number of rotatable bonds is 3. The average Bonchev–Trinajstić information content (AvgIpc) is 2.21. The summed E-state index contributed by atoms with van der Waals surface area (Å²) in [7, 11) is 1.66. The van der Waals surface area contributed by atoms with Crippen molar-refractivity contribution < 1.29 is 14.6 Å². The van der Waals surface area contributed by atoms with Gasteiger partial charge in [-0.25, -0.2) is 4.79 Å². The summed E-state index contributed by atoms with van der Waals surface area (Å²) in [4.78, 5) is 21.9. The lowest BCUT2D eigenvalue weighted by Crippen LogP contribution is -2.48. The fraction of sp³-hybridized carbons (Fsp3) is 0.455. The molecule has 0 atom stereocenters. The zero-order valence-electron chi connectivity index (χ0n) is 9.72. The average molecular weight is 317 g/mol. The number of nitrogens with one attached hydrogen (secondary N) is 1. The number of aromatic nitrogens is 1. The molecule has 1 heterocycles. The summed E-state index contributed by atoms with van der Waals surface area (Å²) in [6.07, 6.45) is 1.81. The molecule has 7 heteroatoms.